The minimum Gasteiger partial charge on any atom is -0.394 e. The number of sulfonamides is 1. The largest absolute Gasteiger partial charge is 0.394 e. The molecule has 2 aromatic carbocycles. The molecule has 1 aliphatic carbocycles. The molecule has 2 aromatic rings. The molecule has 1 heterocycles. The van der Waals surface area contributed by atoms with Gasteiger partial charge in [0.1, 0.15) is 0 Å². The number of aliphatic hydroxyl groups excluding tert-OH is 2. The number of carbonyl (C=O) groups excluding carboxylic acids is 2. The molecule has 4 N–H and O–H groups in total. The first-order valence-electron chi connectivity index (χ1n) is 15.2. The number of rotatable bonds is 14. The molecular weight excluding hydrogens is 625 g/mol. The third kappa shape index (κ3) is 8.33. The smallest absolute Gasteiger partial charge is 0.223 e. The third-order valence-corrected chi connectivity index (χ3v) is 12.0. The van der Waals surface area contributed by atoms with E-state index < -0.39 is 28.1 Å². The number of benzene rings is 2. The van der Waals surface area contributed by atoms with Crippen LogP contribution >= 0.6 is 23.2 Å². The number of aliphatic hydroxyl groups is 2. The first-order valence-corrected chi connectivity index (χ1v) is 17.4. The van der Waals surface area contributed by atoms with E-state index in [-0.39, 0.29) is 66.9 Å². The maximum atomic E-state index is 13.5. The molecule has 2 amide bonds. The summed E-state index contributed by atoms with van der Waals surface area (Å²) in [6, 6.07) is 13.9. The second-order valence-corrected chi connectivity index (χ2v) is 15.4. The standard InChI is InChI=1S/C32H43Cl2N3O6S/c1-19(20(2)31(21-7-9-24(33)10-8-21)37(3)44(42,43)27-11-12-27)30-28(22-5-4-6-25(34)15-22)16-23(32(41)36-30)17-29(40)35-14-13-26(39)18-38/h4-10,15,19-20,23,26-28,30-31,38-39H,11-14,16-18H2,1-3H3,(H,35,40)(H,36,41)/t19?,20?,23-,26?,28-,30+,31?/m1/s1. The highest BCUT2D eigenvalue weighted by Gasteiger charge is 2.46. The Hall–Kier alpha value is -2.21. The Balaban J connectivity index is 1.61. The predicted molar refractivity (Wildman–Crippen MR) is 172 cm³/mol. The van der Waals surface area contributed by atoms with Gasteiger partial charge in [0.15, 0.2) is 0 Å². The van der Waals surface area contributed by atoms with Crippen LogP contribution in [0.4, 0.5) is 0 Å². The summed E-state index contributed by atoms with van der Waals surface area (Å²) in [4.78, 5) is 26.2. The zero-order valence-electron chi connectivity index (χ0n) is 25.3. The van der Waals surface area contributed by atoms with Crippen LogP contribution in [0.25, 0.3) is 0 Å². The molecular formula is C32H43Cl2N3O6S. The number of hydrogen-bond acceptors (Lipinski definition) is 6. The van der Waals surface area contributed by atoms with Crippen molar-refractivity contribution in [2.75, 3.05) is 20.2 Å². The maximum Gasteiger partial charge on any atom is 0.223 e. The minimum atomic E-state index is -3.53. The summed E-state index contributed by atoms with van der Waals surface area (Å²) in [5.41, 5.74) is 1.75. The van der Waals surface area contributed by atoms with Gasteiger partial charge in [-0.2, -0.15) is 4.31 Å². The van der Waals surface area contributed by atoms with Crippen LogP contribution in [0.15, 0.2) is 48.5 Å². The van der Waals surface area contributed by atoms with Gasteiger partial charge >= 0.3 is 0 Å². The van der Waals surface area contributed by atoms with E-state index in [0.717, 1.165) is 11.1 Å². The monoisotopic (exact) mass is 667 g/mol. The summed E-state index contributed by atoms with van der Waals surface area (Å²) in [6.45, 7) is 3.85. The Morgan fingerprint density at radius 2 is 1.80 bits per heavy atom. The molecule has 2 aliphatic rings. The summed E-state index contributed by atoms with van der Waals surface area (Å²) in [7, 11) is -1.89. The van der Waals surface area contributed by atoms with Crippen molar-refractivity contribution < 1.29 is 28.2 Å². The summed E-state index contributed by atoms with van der Waals surface area (Å²) in [5, 5.41) is 25.2. The molecule has 4 rings (SSSR count). The fourth-order valence-electron chi connectivity index (χ4n) is 6.34. The molecule has 0 bridgehead atoms. The Labute approximate surface area is 270 Å². The molecule has 9 nitrogen and oxygen atoms in total. The normalized spacial score (nSPS) is 23.5. The average Bonchev–Trinajstić information content (AvgIpc) is 3.85. The molecule has 1 aliphatic heterocycles. The van der Waals surface area contributed by atoms with Gasteiger partial charge in [0.05, 0.1) is 24.0 Å². The molecule has 4 unspecified atom stereocenters. The molecule has 7 atom stereocenters. The van der Waals surface area contributed by atoms with Crippen molar-refractivity contribution in [1.29, 1.82) is 0 Å². The molecule has 0 spiro atoms. The van der Waals surface area contributed by atoms with E-state index in [1.165, 1.54) is 4.31 Å². The van der Waals surface area contributed by atoms with Crippen LogP contribution in [0.2, 0.25) is 10.0 Å². The van der Waals surface area contributed by atoms with Gasteiger partial charge in [0.25, 0.3) is 0 Å². The van der Waals surface area contributed by atoms with Crippen LogP contribution in [0, 0.1) is 17.8 Å². The summed E-state index contributed by atoms with van der Waals surface area (Å²) in [6.07, 6.45) is 0.973. The molecule has 2 fully saturated rings. The van der Waals surface area contributed by atoms with E-state index in [1.54, 1.807) is 25.2 Å². The first kappa shape index (κ1) is 34.7. The molecule has 242 valence electrons. The highest BCUT2D eigenvalue weighted by Crippen LogP contribution is 2.44. The van der Waals surface area contributed by atoms with Gasteiger partial charge < -0.3 is 20.8 Å². The van der Waals surface area contributed by atoms with Crippen LogP contribution in [0.3, 0.4) is 0 Å². The summed E-state index contributed by atoms with van der Waals surface area (Å²) < 4.78 is 28.5. The van der Waals surface area contributed by atoms with Crippen LogP contribution in [-0.2, 0) is 19.6 Å². The zero-order chi connectivity index (χ0) is 32.2. The number of amides is 2. The number of piperidine rings is 1. The predicted octanol–water partition coefficient (Wildman–Crippen LogP) is 4.27. The van der Waals surface area contributed by atoms with Crippen molar-refractivity contribution in [3.63, 3.8) is 0 Å². The molecule has 44 heavy (non-hydrogen) atoms. The highest BCUT2D eigenvalue weighted by atomic mass is 35.5. The van der Waals surface area contributed by atoms with E-state index in [0.29, 0.717) is 29.3 Å². The van der Waals surface area contributed by atoms with E-state index in [1.807, 2.05) is 44.2 Å². The van der Waals surface area contributed by atoms with Crippen molar-refractivity contribution in [3.8, 4) is 0 Å². The molecule has 12 heteroatoms. The van der Waals surface area contributed by atoms with Crippen molar-refractivity contribution in [1.82, 2.24) is 14.9 Å². The molecule has 1 saturated carbocycles. The van der Waals surface area contributed by atoms with Crippen molar-refractivity contribution in [2.45, 2.75) is 75.3 Å². The third-order valence-electron chi connectivity index (χ3n) is 9.21. The fraction of sp³-hybridized carbons (Fsp3) is 0.562. The van der Waals surface area contributed by atoms with Crippen LogP contribution in [0.1, 0.15) is 69.0 Å². The van der Waals surface area contributed by atoms with E-state index in [2.05, 4.69) is 10.6 Å². The number of nitrogens with zero attached hydrogens (tertiary/aromatic N) is 1. The quantitative estimate of drug-likeness (QED) is 0.238. The van der Waals surface area contributed by atoms with Gasteiger partial charge in [-0.25, -0.2) is 8.42 Å². The maximum absolute atomic E-state index is 13.5. The number of halogens is 2. The number of nitrogens with one attached hydrogen (secondary N) is 2. The van der Waals surface area contributed by atoms with Gasteiger partial charge in [-0.1, -0.05) is 61.3 Å². The second kappa shape index (κ2) is 14.9. The average molecular weight is 669 g/mol. The molecule has 0 radical (unpaired) electrons. The van der Waals surface area contributed by atoms with Crippen LogP contribution in [0.5, 0.6) is 0 Å². The zero-order valence-corrected chi connectivity index (χ0v) is 27.7. The van der Waals surface area contributed by atoms with Crippen molar-refractivity contribution >= 4 is 45.0 Å². The SMILES string of the molecule is CC(C(C)[C@@H]1NC(=O)[C@@H](CC(=O)NCCC(O)CO)C[C@@H]1c1cccc(Cl)c1)C(c1ccc(Cl)cc1)N(C)S(=O)(=O)C1CC1. The van der Waals surface area contributed by atoms with Gasteiger partial charge in [-0.15, -0.1) is 0 Å². The van der Waals surface area contributed by atoms with Gasteiger partial charge in [0, 0.05) is 47.9 Å². The highest BCUT2D eigenvalue weighted by molar-refractivity contribution is 7.90. The number of hydrogen-bond donors (Lipinski definition) is 4. The second-order valence-electron chi connectivity index (χ2n) is 12.3. The topological polar surface area (TPSA) is 136 Å². The van der Waals surface area contributed by atoms with E-state index in [9.17, 15) is 23.1 Å². The summed E-state index contributed by atoms with van der Waals surface area (Å²) in [5.74, 6) is -1.73. The lowest BCUT2D eigenvalue weighted by Crippen LogP contribution is -2.54. The lowest BCUT2D eigenvalue weighted by Gasteiger charge is -2.44. The molecule has 1 saturated heterocycles. The van der Waals surface area contributed by atoms with Crippen molar-refractivity contribution in [3.05, 3.63) is 69.7 Å². The Bertz CT molecular complexity index is 1400. The van der Waals surface area contributed by atoms with Gasteiger partial charge in [-0.05, 0) is 72.9 Å². The fourth-order valence-corrected chi connectivity index (χ4v) is 8.50. The first-order chi connectivity index (χ1) is 20.8. The molecule has 0 aromatic heterocycles. The van der Waals surface area contributed by atoms with Crippen molar-refractivity contribution in [2.24, 2.45) is 17.8 Å². The lowest BCUT2D eigenvalue weighted by molar-refractivity contribution is -0.133. The minimum absolute atomic E-state index is 0.0233. The van der Waals surface area contributed by atoms with Gasteiger partial charge in [0.2, 0.25) is 21.8 Å². The number of carbonyl (C=O) groups is 2. The Kier molecular flexibility index (Phi) is 11.8. The van der Waals surface area contributed by atoms with Crippen LogP contribution in [-0.4, -0.2) is 72.3 Å². The van der Waals surface area contributed by atoms with Crippen LogP contribution < -0.4 is 10.6 Å². The Morgan fingerprint density at radius 1 is 1.11 bits per heavy atom. The lowest BCUT2D eigenvalue weighted by atomic mass is 9.70. The van der Waals surface area contributed by atoms with E-state index in [4.69, 9.17) is 28.3 Å². The van der Waals surface area contributed by atoms with E-state index >= 15 is 0 Å². The Morgan fingerprint density at radius 3 is 2.41 bits per heavy atom. The van der Waals surface area contributed by atoms with Gasteiger partial charge in [-0.3, -0.25) is 9.59 Å². The summed E-state index contributed by atoms with van der Waals surface area (Å²) >= 11 is 12.6.